The molecule has 0 saturated heterocycles. The summed E-state index contributed by atoms with van der Waals surface area (Å²) in [5.41, 5.74) is -1.08. The van der Waals surface area contributed by atoms with Gasteiger partial charge in [-0.3, -0.25) is 10.1 Å². The number of nitriles is 1. The molecule has 1 aromatic carbocycles. The van der Waals surface area contributed by atoms with Gasteiger partial charge in [-0.1, -0.05) is 11.6 Å². The van der Waals surface area contributed by atoms with E-state index in [2.05, 4.69) is 4.74 Å². The van der Waals surface area contributed by atoms with Gasteiger partial charge in [0.15, 0.2) is 5.56 Å². The number of hydrogen-bond donors (Lipinski definition) is 0. The van der Waals surface area contributed by atoms with Gasteiger partial charge in [0.2, 0.25) is 0 Å². The average molecular weight is 255 g/mol. The van der Waals surface area contributed by atoms with Gasteiger partial charge in [0.1, 0.15) is 6.07 Å². The summed E-state index contributed by atoms with van der Waals surface area (Å²) in [5.74, 6) is -0.910. The van der Waals surface area contributed by atoms with Gasteiger partial charge in [0, 0.05) is 11.1 Å². The molecule has 0 amide bonds. The van der Waals surface area contributed by atoms with E-state index in [-0.39, 0.29) is 22.8 Å². The zero-order valence-corrected chi connectivity index (χ0v) is 9.52. The molecule has 0 aliphatic carbocycles. The molecule has 0 N–H and O–H groups in total. The van der Waals surface area contributed by atoms with Crippen LogP contribution in [0.15, 0.2) is 12.1 Å². The van der Waals surface area contributed by atoms with Crippen LogP contribution in [0.5, 0.6) is 0 Å². The highest BCUT2D eigenvalue weighted by atomic mass is 35.5. The molecule has 17 heavy (non-hydrogen) atoms. The van der Waals surface area contributed by atoms with E-state index >= 15 is 0 Å². The van der Waals surface area contributed by atoms with Crippen LogP contribution in [-0.4, -0.2) is 17.5 Å². The maximum atomic E-state index is 11.5. The first kappa shape index (κ1) is 12.9. The minimum absolute atomic E-state index is 0.0151. The Morgan fingerprint density at radius 2 is 2.29 bits per heavy atom. The molecule has 1 rings (SSSR count). The van der Waals surface area contributed by atoms with Crippen molar-refractivity contribution in [2.24, 2.45) is 0 Å². The van der Waals surface area contributed by atoms with Crippen LogP contribution in [0.2, 0.25) is 5.02 Å². The van der Waals surface area contributed by atoms with Gasteiger partial charge in [-0.25, -0.2) is 4.79 Å². The normalized spacial score (nSPS) is 9.47. The maximum absolute atomic E-state index is 11.5. The molecule has 0 unspecified atom stereocenters. The molecule has 0 aromatic heterocycles. The smallest absolute Gasteiger partial charge is 0.346 e. The van der Waals surface area contributed by atoms with Gasteiger partial charge in [-0.2, -0.15) is 5.26 Å². The van der Waals surface area contributed by atoms with Gasteiger partial charge < -0.3 is 4.74 Å². The SMILES string of the molecule is CCOC(=O)c1c(C#N)cc(Cl)cc1[N+](=O)[O-]. The number of halogens is 1. The van der Waals surface area contributed by atoms with Crippen LogP contribution in [-0.2, 0) is 4.74 Å². The fourth-order valence-electron chi connectivity index (χ4n) is 1.24. The molecule has 7 heteroatoms. The summed E-state index contributed by atoms with van der Waals surface area (Å²) in [6.45, 7) is 1.62. The van der Waals surface area contributed by atoms with Gasteiger partial charge in [-0.15, -0.1) is 0 Å². The molecule has 0 bridgehead atoms. The maximum Gasteiger partial charge on any atom is 0.346 e. The van der Waals surface area contributed by atoms with Crippen LogP contribution in [0.3, 0.4) is 0 Å². The van der Waals surface area contributed by atoms with E-state index in [1.807, 2.05) is 0 Å². The van der Waals surface area contributed by atoms with Crippen molar-refractivity contribution in [1.29, 1.82) is 5.26 Å². The summed E-state index contributed by atoms with van der Waals surface area (Å²) in [5, 5.41) is 19.6. The number of carbonyl (C=O) groups is 1. The largest absolute Gasteiger partial charge is 0.462 e. The number of carbonyl (C=O) groups excluding carboxylic acids is 1. The van der Waals surface area contributed by atoms with Crippen molar-refractivity contribution in [2.75, 3.05) is 6.61 Å². The molecule has 0 atom stereocenters. The first-order valence-corrected chi connectivity index (χ1v) is 4.94. The Labute approximate surface area is 102 Å². The highest BCUT2D eigenvalue weighted by molar-refractivity contribution is 6.31. The van der Waals surface area contributed by atoms with Crippen LogP contribution >= 0.6 is 11.6 Å². The molecule has 0 aliphatic rings. The predicted molar refractivity (Wildman–Crippen MR) is 58.8 cm³/mol. The molecule has 6 nitrogen and oxygen atoms in total. The average Bonchev–Trinajstić information content (AvgIpc) is 2.27. The lowest BCUT2D eigenvalue weighted by atomic mass is 10.1. The molecular formula is C10H7ClN2O4. The topological polar surface area (TPSA) is 93.2 Å². The lowest BCUT2D eigenvalue weighted by molar-refractivity contribution is -0.385. The van der Waals surface area contributed by atoms with E-state index < -0.39 is 16.6 Å². The van der Waals surface area contributed by atoms with Crippen LogP contribution < -0.4 is 0 Å². The minimum Gasteiger partial charge on any atom is -0.462 e. The lowest BCUT2D eigenvalue weighted by Gasteiger charge is -2.05. The summed E-state index contributed by atoms with van der Waals surface area (Å²) >= 11 is 5.62. The summed E-state index contributed by atoms with van der Waals surface area (Å²) in [6.07, 6.45) is 0. The Morgan fingerprint density at radius 1 is 1.65 bits per heavy atom. The Bertz CT molecular complexity index is 522. The second kappa shape index (κ2) is 5.27. The number of esters is 1. The number of rotatable bonds is 3. The summed E-state index contributed by atoms with van der Waals surface area (Å²) < 4.78 is 4.66. The van der Waals surface area contributed by atoms with Crippen LogP contribution in [0, 0.1) is 21.4 Å². The van der Waals surface area contributed by atoms with Gasteiger partial charge in [0.05, 0.1) is 17.1 Å². The monoisotopic (exact) mass is 254 g/mol. The van der Waals surface area contributed by atoms with Crippen molar-refractivity contribution >= 4 is 23.3 Å². The molecule has 0 heterocycles. The van der Waals surface area contributed by atoms with Crippen molar-refractivity contribution in [1.82, 2.24) is 0 Å². The van der Waals surface area contributed by atoms with E-state index in [0.717, 1.165) is 6.07 Å². The molecule has 0 saturated carbocycles. The Balaban J connectivity index is 3.48. The zero-order chi connectivity index (χ0) is 13.0. The van der Waals surface area contributed by atoms with Gasteiger partial charge in [0.25, 0.3) is 5.69 Å². The predicted octanol–water partition coefficient (Wildman–Crippen LogP) is 2.30. The number of ether oxygens (including phenoxy) is 1. The molecule has 0 spiro atoms. The summed E-state index contributed by atoms with van der Waals surface area (Å²) in [7, 11) is 0. The fraction of sp³-hybridized carbons (Fsp3) is 0.200. The highest BCUT2D eigenvalue weighted by Crippen LogP contribution is 2.27. The Kier molecular flexibility index (Phi) is 4.01. The number of hydrogen-bond acceptors (Lipinski definition) is 5. The van der Waals surface area contributed by atoms with E-state index in [1.165, 1.54) is 6.07 Å². The molecular weight excluding hydrogens is 248 g/mol. The Morgan fingerprint density at radius 3 is 2.76 bits per heavy atom. The van der Waals surface area contributed by atoms with Crippen LogP contribution in [0.4, 0.5) is 5.69 Å². The second-order valence-corrected chi connectivity index (χ2v) is 3.37. The zero-order valence-electron chi connectivity index (χ0n) is 8.77. The highest BCUT2D eigenvalue weighted by Gasteiger charge is 2.26. The van der Waals surface area contributed by atoms with Crippen molar-refractivity contribution in [3.05, 3.63) is 38.4 Å². The van der Waals surface area contributed by atoms with E-state index in [1.54, 1.807) is 13.0 Å². The number of nitro benzene ring substituents is 1. The molecule has 0 aliphatic heterocycles. The van der Waals surface area contributed by atoms with Gasteiger partial charge >= 0.3 is 5.97 Å². The standard InChI is InChI=1S/C10H7ClN2O4/c1-2-17-10(14)9-6(5-12)3-7(11)4-8(9)13(15)16/h3-4H,2H2,1H3. The quantitative estimate of drug-likeness (QED) is 0.469. The van der Waals surface area contributed by atoms with Crippen molar-refractivity contribution in [2.45, 2.75) is 6.92 Å². The first-order valence-electron chi connectivity index (χ1n) is 4.56. The third-order valence-electron chi connectivity index (χ3n) is 1.88. The van der Waals surface area contributed by atoms with E-state index in [9.17, 15) is 14.9 Å². The summed E-state index contributed by atoms with van der Waals surface area (Å²) in [6, 6.07) is 3.87. The van der Waals surface area contributed by atoms with Crippen molar-refractivity contribution in [3.63, 3.8) is 0 Å². The lowest BCUT2D eigenvalue weighted by Crippen LogP contribution is -2.10. The first-order chi connectivity index (χ1) is 8.01. The van der Waals surface area contributed by atoms with Gasteiger partial charge in [-0.05, 0) is 13.0 Å². The summed E-state index contributed by atoms with van der Waals surface area (Å²) in [4.78, 5) is 21.5. The minimum atomic E-state index is -0.910. The second-order valence-electron chi connectivity index (χ2n) is 2.94. The Hall–Kier alpha value is -2.13. The number of nitro groups is 1. The molecule has 1 aromatic rings. The van der Waals surface area contributed by atoms with Crippen molar-refractivity contribution < 1.29 is 14.5 Å². The molecule has 88 valence electrons. The molecule has 0 radical (unpaired) electrons. The third kappa shape index (κ3) is 2.71. The fourth-order valence-corrected chi connectivity index (χ4v) is 1.45. The molecule has 0 fully saturated rings. The van der Waals surface area contributed by atoms with E-state index in [0.29, 0.717) is 0 Å². The van der Waals surface area contributed by atoms with E-state index in [4.69, 9.17) is 16.9 Å². The third-order valence-corrected chi connectivity index (χ3v) is 2.10. The van der Waals surface area contributed by atoms with Crippen LogP contribution in [0.1, 0.15) is 22.8 Å². The van der Waals surface area contributed by atoms with Crippen molar-refractivity contribution in [3.8, 4) is 6.07 Å². The van der Waals surface area contributed by atoms with Crippen LogP contribution in [0.25, 0.3) is 0 Å². The number of benzene rings is 1. The number of nitrogens with zero attached hydrogens (tertiary/aromatic N) is 2.